The first kappa shape index (κ1) is 17.7. The van der Waals surface area contributed by atoms with Crippen LogP contribution >= 0.6 is 0 Å². The van der Waals surface area contributed by atoms with Crippen molar-refractivity contribution in [3.63, 3.8) is 0 Å². The smallest absolute Gasteiger partial charge is 0.323 e. The second-order valence-electron chi connectivity index (χ2n) is 6.32. The maximum absolute atomic E-state index is 14.0. The van der Waals surface area contributed by atoms with Gasteiger partial charge in [0.15, 0.2) is 0 Å². The predicted molar refractivity (Wildman–Crippen MR) is 102 cm³/mol. The van der Waals surface area contributed by atoms with E-state index >= 15 is 0 Å². The van der Waals surface area contributed by atoms with Gasteiger partial charge in [-0.2, -0.15) is 0 Å². The lowest BCUT2D eigenvalue weighted by Gasteiger charge is -2.14. The standard InChI is InChI=1S/C20H19F2N3O/c1-12-8-16-17(10-13(21)11-18(16)22)19(9-12)24-20(26)23-14-4-6-15(7-5-14)25(2)3/h4-11H,1-3H3,(H2,23,24,26). The molecular weight excluding hydrogens is 336 g/mol. The average molecular weight is 355 g/mol. The number of fused-ring (bicyclic) bond motifs is 1. The molecule has 0 fully saturated rings. The number of nitrogens with zero attached hydrogens (tertiary/aromatic N) is 1. The minimum atomic E-state index is -0.693. The molecule has 3 aromatic rings. The van der Waals surface area contributed by atoms with Crippen LogP contribution in [0, 0.1) is 18.6 Å². The minimum Gasteiger partial charge on any atom is -0.378 e. The monoisotopic (exact) mass is 355 g/mol. The van der Waals surface area contributed by atoms with E-state index in [4.69, 9.17) is 0 Å². The van der Waals surface area contributed by atoms with Crippen LogP contribution in [0.5, 0.6) is 0 Å². The first-order valence-corrected chi connectivity index (χ1v) is 8.08. The molecule has 0 saturated carbocycles. The molecule has 0 aliphatic rings. The van der Waals surface area contributed by atoms with Gasteiger partial charge in [-0.25, -0.2) is 13.6 Å². The third-order valence-electron chi connectivity index (χ3n) is 4.02. The van der Waals surface area contributed by atoms with Crippen molar-refractivity contribution < 1.29 is 13.6 Å². The number of carbonyl (C=O) groups excluding carboxylic acids is 1. The van der Waals surface area contributed by atoms with Crippen LogP contribution in [0.3, 0.4) is 0 Å². The molecule has 0 radical (unpaired) electrons. The zero-order valence-corrected chi connectivity index (χ0v) is 14.7. The van der Waals surface area contributed by atoms with Crippen LogP contribution in [0.2, 0.25) is 0 Å². The number of rotatable bonds is 3. The summed E-state index contributed by atoms with van der Waals surface area (Å²) in [6.45, 7) is 1.78. The number of benzene rings is 3. The Bertz CT molecular complexity index is 969. The van der Waals surface area contributed by atoms with Crippen molar-refractivity contribution in [2.75, 3.05) is 29.6 Å². The second-order valence-corrected chi connectivity index (χ2v) is 6.32. The normalized spacial score (nSPS) is 10.7. The van der Waals surface area contributed by atoms with E-state index in [1.54, 1.807) is 31.2 Å². The summed E-state index contributed by atoms with van der Waals surface area (Å²) in [5, 5.41) is 5.96. The molecule has 0 bridgehead atoms. The van der Waals surface area contributed by atoms with Crippen LogP contribution in [0.4, 0.5) is 30.6 Å². The van der Waals surface area contributed by atoms with Gasteiger partial charge in [0.2, 0.25) is 0 Å². The second kappa shape index (κ2) is 7.00. The van der Waals surface area contributed by atoms with Gasteiger partial charge in [-0.15, -0.1) is 0 Å². The van der Waals surface area contributed by atoms with Crippen LogP contribution in [-0.4, -0.2) is 20.1 Å². The number of carbonyl (C=O) groups is 1. The van der Waals surface area contributed by atoms with Gasteiger partial charge in [-0.1, -0.05) is 0 Å². The maximum Gasteiger partial charge on any atom is 0.323 e. The predicted octanol–water partition coefficient (Wildman–Crippen LogP) is 5.14. The zero-order valence-electron chi connectivity index (χ0n) is 14.7. The van der Waals surface area contributed by atoms with Crippen molar-refractivity contribution in [3.8, 4) is 0 Å². The van der Waals surface area contributed by atoms with Crippen LogP contribution in [0.15, 0.2) is 48.5 Å². The number of halogens is 2. The Morgan fingerprint density at radius 1 is 0.923 bits per heavy atom. The number of anilines is 3. The van der Waals surface area contributed by atoms with E-state index < -0.39 is 17.7 Å². The van der Waals surface area contributed by atoms with Gasteiger partial charge in [0, 0.05) is 42.3 Å². The van der Waals surface area contributed by atoms with Gasteiger partial charge in [0.05, 0.1) is 5.69 Å². The van der Waals surface area contributed by atoms with Crippen molar-refractivity contribution >= 4 is 33.9 Å². The van der Waals surface area contributed by atoms with Crippen molar-refractivity contribution in [2.45, 2.75) is 6.92 Å². The fraction of sp³-hybridized carbons (Fsp3) is 0.150. The SMILES string of the molecule is Cc1cc(NC(=O)Nc2ccc(N(C)C)cc2)c2cc(F)cc(F)c2c1. The maximum atomic E-state index is 14.0. The molecule has 0 atom stereocenters. The molecule has 134 valence electrons. The lowest BCUT2D eigenvalue weighted by molar-refractivity contribution is 0.262. The van der Waals surface area contributed by atoms with Gasteiger partial charge in [0.25, 0.3) is 0 Å². The molecule has 0 spiro atoms. The molecule has 0 aromatic heterocycles. The summed E-state index contributed by atoms with van der Waals surface area (Å²) in [6, 6.07) is 12.2. The summed E-state index contributed by atoms with van der Waals surface area (Å²) in [5.74, 6) is -1.35. The quantitative estimate of drug-likeness (QED) is 0.683. The molecule has 4 nitrogen and oxygen atoms in total. The van der Waals surface area contributed by atoms with Crippen molar-refractivity contribution in [3.05, 3.63) is 65.7 Å². The topological polar surface area (TPSA) is 44.4 Å². The number of hydrogen-bond acceptors (Lipinski definition) is 2. The number of aryl methyl sites for hydroxylation is 1. The van der Waals surface area contributed by atoms with E-state index in [9.17, 15) is 13.6 Å². The Morgan fingerprint density at radius 2 is 1.62 bits per heavy atom. The Hall–Kier alpha value is -3.15. The first-order valence-electron chi connectivity index (χ1n) is 8.08. The first-order chi connectivity index (χ1) is 12.3. The van der Waals surface area contributed by atoms with Crippen molar-refractivity contribution in [2.24, 2.45) is 0 Å². The molecule has 6 heteroatoms. The van der Waals surface area contributed by atoms with Crippen LogP contribution in [-0.2, 0) is 0 Å². The van der Waals surface area contributed by atoms with Gasteiger partial charge >= 0.3 is 6.03 Å². The number of hydrogen-bond donors (Lipinski definition) is 2. The number of urea groups is 1. The number of amides is 2. The molecular formula is C20H19F2N3O. The summed E-state index contributed by atoms with van der Waals surface area (Å²) in [7, 11) is 3.85. The molecule has 26 heavy (non-hydrogen) atoms. The van der Waals surface area contributed by atoms with E-state index in [0.29, 0.717) is 16.8 Å². The van der Waals surface area contributed by atoms with E-state index in [1.807, 2.05) is 31.1 Å². The molecule has 0 aliphatic heterocycles. The van der Waals surface area contributed by atoms with Crippen LogP contribution in [0.25, 0.3) is 10.8 Å². The zero-order chi connectivity index (χ0) is 18.8. The van der Waals surface area contributed by atoms with E-state index in [0.717, 1.165) is 17.3 Å². The fourth-order valence-corrected chi connectivity index (χ4v) is 2.76. The highest BCUT2D eigenvalue weighted by Crippen LogP contribution is 2.29. The average Bonchev–Trinajstić information content (AvgIpc) is 2.56. The van der Waals surface area contributed by atoms with Crippen molar-refractivity contribution in [1.82, 2.24) is 0 Å². The lowest BCUT2D eigenvalue weighted by Crippen LogP contribution is -2.19. The highest BCUT2D eigenvalue weighted by molar-refractivity contribution is 6.06. The Morgan fingerprint density at radius 3 is 2.27 bits per heavy atom. The lowest BCUT2D eigenvalue weighted by atomic mass is 10.0. The van der Waals surface area contributed by atoms with E-state index in [-0.39, 0.29) is 5.39 Å². The Balaban J connectivity index is 1.85. The van der Waals surface area contributed by atoms with Crippen LogP contribution < -0.4 is 15.5 Å². The van der Waals surface area contributed by atoms with Gasteiger partial charge < -0.3 is 15.5 Å². The molecule has 3 rings (SSSR count). The summed E-state index contributed by atoms with van der Waals surface area (Å²) in [5.41, 5.74) is 2.73. The molecule has 0 unspecified atom stereocenters. The molecule has 0 saturated heterocycles. The van der Waals surface area contributed by atoms with Crippen LogP contribution in [0.1, 0.15) is 5.56 Å². The number of nitrogens with one attached hydrogen (secondary N) is 2. The van der Waals surface area contributed by atoms with Gasteiger partial charge in [-0.05, 0) is 55.0 Å². The molecule has 0 heterocycles. The summed E-state index contributed by atoms with van der Waals surface area (Å²) in [4.78, 5) is 14.3. The molecule has 0 aliphatic carbocycles. The molecule has 2 amide bonds. The molecule has 3 aromatic carbocycles. The van der Waals surface area contributed by atoms with Gasteiger partial charge in [-0.3, -0.25) is 0 Å². The Kier molecular flexibility index (Phi) is 4.75. The largest absolute Gasteiger partial charge is 0.378 e. The third kappa shape index (κ3) is 3.74. The van der Waals surface area contributed by atoms with E-state index in [1.165, 1.54) is 6.07 Å². The minimum absolute atomic E-state index is 0.261. The highest BCUT2D eigenvalue weighted by atomic mass is 19.1. The highest BCUT2D eigenvalue weighted by Gasteiger charge is 2.12. The molecule has 2 N–H and O–H groups in total. The Labute approximate surface area is 150 Å². The summed E-state index contributed by atoms with van der Waals surface area (Å²) < 4.78 is 27.6. The van der Waals surface area contributed by atoms with Crippen molar-refractivity contribution in [1.29, 1.82) is 0 Å². The summed E-state index contributed by atoms with van der Waals surface area (Å²) >= 11 is 0. The fourth-order valence-electron chi connectivity index (χ4n) is 2.76. The van der Waals surface area contributed by atoms with Gasteiger partial charge in [0.1, 0.15) is 11.6 Å². The third-order valence-corrected chi connectivity index (χ3v) is 4.02. The summed E-state index contributed by atoms with van der Waals surface area (Å²) in [6.07, 6.45) is 0. The van der Waals surface area contributed by atoms with E-state index in [2.05, 4.69) is 10.6 Å².